The summed E-state index contributed by atoms with van der Waals surface area (Å²) in [7, 11) is 0. The van der Waals surface area contributed by atoms with Gasteiger partial charge < -0.3 is 9.73 Å². The number of furan rings is 1. The first-order valence-corrected chi connectivity index (χ1v) is 6.73. The number of halogens is 1. The van der Waals surface area contributed by atoms with Crippen molar-refractivity contribution >= 4 is 11.6 Å². The van der Waals surface area contributed by atoms with E-state index in [1.54, 1.807) is 4.68 Å². The third-order valence-corrected chi connectivity index (χ3v) is 3.09. The summed E-state index contributed by atoms with van der Waals surface area (Å²) in [4.78, 5) is 0. The predicted molar refractivity (Wildman–Crippen MR) is 76.4 cm³/mol. The van der Waals surface area contributed by atoms with E-state index in [0.717, 1.165) is 23.8 Å². The minimum absolute atomic E-state index is 0.0829. The normalized spacial score (nSPS) is 12.1. The van der Waals surface area contributed by atoms with Gasteiger partial charge in [0.1, 0.15) is 11.5 Å². The summed E-state index contributed by atoms with van der Waals surface area (Å²) in [5.41, 5.74) is 0.919. The van der Waals surface area contributed by atoms with E-state index in [1.807, 2.05) is 25.3 Å². The van der Waals surface area contributed by atoms with E-state index >= 15 is 0 Å². The van der Waals surface area contributed by atoms with Gasteiger partial charge in [-0.05, 0) is 39.8 Å². The highest BCUT2D eigenvalue weighted by Crippen LogP contribution is 2.15. The topological polar surface area (TPSA) is 43.0 Å². The van der Waals surface area contributed by atoms with Crippen molar-refractivity contribution in [2.45, 2.75) is 46.3 Å². The van der Waals surface area contributed by atoms with Crippen LogP contribution in [-0.2, 0) is 13.1 Å². The number of aryl methyl sites for hydroxylation is 1. The highest BCUT2D eigenvalue weighted by Gasteiger charge is 2.11. The van der Waals surface area contributed by atoms with Crippen LogP contribution in [0.15, 0.2) is 22.7 Å². The molecule has 0 amide bonds. The molecule has 0 aliphatic rings. The van der Waals surface area contributed by atoms with Crippen molar-refractivity contribution in [3.63, 3.8) is 0 Å². The van der Waals surface area contributed by atoms with Crippen LogP contribution in [0.25, 0.3) is 0 Å². The third kappa shape index (κ3) is 4.11. The molecule has 2 aromatic rings. The molecule has 104 valence electrons. The van der Waals surface area contributed by atoms with Crippen LogP contribution in [0.5, 0.6) is 0 Å². The Kier molecular flexibility index (Phi) is 4.02. The Morgan fingerprint density at radius 2 is 2.00 bits per heavy atom. The highest BCUT2D eigenvalue weighted by atomic mass is 35.5. The zero-order chi connectivity index (χ0) is 14.0. The second kappa shape index (κ2) is 5.39. The molecule has 2 heterocycles. The van der Waals surface area contributed by atoms with Gasteiger partial charge in [0.15, 0.2) is 0 Å². The molecular weight excluding hydrogens is 262 g/mol. The first-order chi connectivity index (χ1) is 8.83. The molecule has 0 spiro atoms. The van der Waals surface area contributed by atoms with Crippen molar-refractivity contribution in [2.24, 2.45) is 0 Å². The molecule has 4 nitrogen and oxygen atoms in total. The molecule has 19 heavy (non-hydrogen) atoms. The van der Waals surface area contributed by atoms with Crippen molar-refractivity contribution < 1.29 is 4.42 Å². The van der Waals surface area contributed by atoms with Gasteiger partial charge in [0, 0.05) is 11.7 Å². The van der Waals surface area contributed by atoms with E-state index in [4.69, 9.17) is 16.0 Å². The van der Waals surface area contributed by atoms with Crippen LogP contribution in [0.2, 0.25) is 5.02 Å². The molecule has 0 radical (unpaired) electrons. The molecule has 0 saturated heterocycles. The first-order valence-electron chi connectivity index (χ1n) is 6.36. The van der Waals surface area contributed by atoms with E-state index in [9.17, 15) is 0 Å². The van der Waals surface area contributed by atoms with Gasteiger partial charge >= 0.3 is 0 Å². The molecule has 2 aromatic heterocycles. The van der Waals surface area contributed by atoms with Crippen LogP contribution < -0.4 is 5.32 Å². The minimum atomic E-state index is 0.0829. The van der Waals surface area contributed by atoms with Crippen molar-refractivity contribution in [3.05, 3.63) is 40.6 Å². The Morgan fingerprint density at radius 3 is 2.58 bits per heavy atom. The zero-order valence-electron chi connectivity index (χ0n) is 11.8. The molecule has 0 atom stereocenters. The summed E-state index contributed by atoms with van der Waals surface area (Å²) >= 11 is 5.98. The fraction of sp³-hybridized carbons (Fsp3) is 0.500. The van der Waals surface area contributed by atoms with Gasteiger partial charge in [-0.25, -0.2) is 0 Å². The second-order valence-electron chi connectivity index (χ2n) is 5.73. The summed E-state index contributed by atoms with van der Waals surface area (Å²) in [6.07, 6.45) is 1.81. The maximum atomic E-state index is 5.98. The van der Waals surface area contributed by atoms with Crippen molar-refractivity contribution in [2.75, 3.05) is 0 Å². The molecule has 0 unspecified atom stereocenters. The molecule has 0 aromatic carbocycles. The van der Waals surface area contributed by atoms with Gasteiger partial charge in [-0.2, -0.15) is 5.10 Å². The molecule has 0 aliphatic carbocycles. The van der Waals surface area contributed by atoms with Gasteiger partial charge in [-0.15, -0.1) is 0 Å². The SMILES string of the molecule is Cc1nn(Cc2ccc(CNC(C)(C)C)o2)cc1Cl. The van der Waals surface area contributed by atoms with E-state index in [-0.39, 0.29) is 5.54 Å². The first kappa shape index (κ1) is 14.2. The lowest BCUT2D eigenvalue weighted by Crippen LogP contribution is -2.34. The predicted octanol–water partition coefficient (Wildman–Crippen LogP) is 3.37. The van der Waals surface area contributed by atoms with Crippen LogP contribution in [-0.4, -0.2) is 15.3 Å². The third-order valence-electron chi connectivity index (χ3n) is 2.71. The summed E-state index contributed by atoms with van der Waals surface area (Å²) in [5.74, 6) is 1.81. The molecule has 0 fully saturated rings. The smallest absolute Gasteiger partial charge is 0.125 e. The molecule has 5 heteroatoms. The van der Waals surface area contributed by atoms with Gasteiger partial charge in [0.2, 0.25) is 0 Å². The van der Waals surface area contributed by atoms with Crippen LogP contribution in [0.4, 0.5) is 0 Å². The fourth-order valence-corrected chi connectivity index (χ4v) is 1.84. The summed E-state index contributed by atoms with van der Waals surface area (Å²) < 4.78 is 7.55. The molecular formula is C14H20ClN3O. The van der Waals surface area contributed by atoms with Crippen molar-refractivity contribution in [1.29, 1.82) is 0 Å². The lowest BCUT2D eigenvalue weighted by Gasteiger charge is -2.19. The highest BCUT2D eigenvalue weighted by molar-refractivity contribution is 6.31. The van der Waals surface area contributed by atoms with E-state index in [2.05, 4.69) is 31.2 Å². The van der Waals surface area contributed by atoms with Gasteiger partial charge in [-0.3, -0.25) is 4.68 Å². The van der Waals surface area contributed by atoms with Gasteiger partial charge in [0.25, 0.3) is 0 Å². The van der Waals surface area contributed by atoms with Crippen molar-refractivity contribution in [3.8, 4) is 0 Å². The number of rotatable bonds is 4. The number of nitrogens with zero attached hydrogens (tertiary/aromatic N) is 2. The number of nitrogens with one attached hydrogen (secondary N) is 1. The quantitative estimate of drug-likeness (QED) is 0.934. The lowest BCUT2D eigenvalue weighted by atomic mass is 10.1. The second-order valence-corrected chi connectivity index (χ2v) is 6.14. The summed E-state index contributed by atoms with van der Waals surface area (Å²) in [6, 6.07) is 3.97. The molecule has 0 aliphatic heterocycles. The number of hydrogen-bond acceptors (Lipinski definition) is 3. The van der Waals surface area contributed by atoms with Crippen LogP contribution in [0.3, 0.4) is 0 Å². The zero-order valence-corrected chi connectivity index (χ0v) is 12.6. The summed E-state index contributed by atoms with van der Waals surface area (Å²) in [5, 5.41) is 8.38. The molecule has 2 rings (SSSR count). The van der Waals surface area contributed by atoms with E-state index in [1.165, 1.54) is 0 Å². The molecule has 0 saturated carbocycles. The van der Waals surface area contributed by atoms with Gasteiger partial charge in [-0.1, -0.05) is 11.6 Å². The Bertz CT molecular complexity index is 532. The average Bonchev–Trinajstić information content (AvgIpc) is 2.84. The minimum Gasteiger partial charge on any atom is -0.463 e. The monoisotopic (exact) mass is 281 g/mol. The molecule has 0 bridgehead atoms. The molecule has 1 N–H and O–H groups in total. The lowest BCUT2D eigenvalue weighted by molar-refractivity contribution is 0.374. The van der Waals surface area contributed by atoms with Crippen molar-refractivity contribution in [1.82, 2.24) is 15.1 Å². The maximum Gasteiger partial charge on any atom is 0.125 e. The van der Waals surface area contributed by atoms with E-state index in [0.29, 0.717) is 11.6 Å². The number of hydrogen-bond donors (Lipinski definition) is 1. The Hall–Kier alpha value is -1.26. The Balaban J connectivity index is 1.97. The Labute approximate surface area is 118 Å². The standard InChI is InChI=1S/C14H20ClN3O/c1-10-13(15)9-18(17-10)8-12-6-5-11(19-12)7-16-14(2,3)4/h5-6,9,16H,7-8H2,1-4H3. The average molecular weight is 282 g/mol. The summed E-state index contributed by atoms with van der Waals surface area (Å²) in [6.45, 7) is 9.60. The number of aromatic nitrogens is 2. The van der Waals surface area contributed by atoms with E-state index < -0.39 is 0 Å². The van der Waals surface area contributed by atoms with Crippen LogP contribution in [0.1, 0.15) is 38.0 Å². The Morgan fingerprint density at radius 1 is 1.32 bits per heavy atom. The van der Waals surface area contributed by atoms with Crippen LogP contribution >= 0.6 is 11.6 Å². The van der Waals surface area contributed by atoms with Crippen LogP contribution in [0, 0.1) is 6.92 Å². The maximum absolute atomic E-state index is 5.98. The largest absolute Gasteiger partial charge is 0.463 e. The fourth-order valence-electron chi connectivity index (χ4n) is 1.69. The van der Waals surface area contributed by atoms with Gasteiger partial charge in [0.05, 0.1) is 23.8 Å².